The number of halogens is 1. The van der Waals surface area contributed by atoms with E-state index in [2.05, 4.69) is 0 Å². The van der Waals surface area contributed by atoms with Crippen molar-refractivity contribution in [2.24, 2.45) is 0 Å². The van der Waals surface area contributed by atoms with Crippen LogP contribution in [0.15, 0.2) is 48.5 Å². The number of amides is 1. The van der Waals surface area contributed by atoms with E-state index in [1.807, 2.05) is 31.2 Å². The van der Waals surface area contributed by atoms with Gasteiger partial charge >= 0.3 is 0 Å². The lowest BCUT2D eigenvalue weighted by atomic mass is 10.1. The molecule has 136 valence electrons. The summed E-state index contributed by atoms with van der Waals surface area (Å²) >= 11 is 0. The number of ether oxygens (including phenoxy) is 1. The van der Waals surface area contributed by atoms with E-state index in [4.69, 9.17) is 4.74 Å². The highest BCUT2D eigenvalue weighted by Crippen LogP contribution is 2.22. The van der Waals surface area contributed by atoms with Gasteiger partial charge in [-0.25, -0.2) is 4.39 Å². The van der Waals surface area contributed by atoms with E-state index in [1.54, 1.807) is 7.05 Å². The molecule has 0 aliphatic heterocycles. The van der Waals surface area contributed by atoms with Gasteiger partial charge in [-0.1, -0.05) is 18.2 Å². The predicted molar refractivity (Wildman–Crippen MR) is 96.2 cm³/mol. The Bertz CT molecular complexity index is 836. The molecule has 0 unspecified atom stereocenters. The lowest BCUT2D eigenvalue weighted by Crippen LogP contribution is -2.24. The van der Waals surface area contributed by atoms with Gasteiger partial charge in [-0.2, -0.15) is 0 Å². The molecule has 7 heteroatoms. The quantitative estimate of drug-likeness (QED) is 0.429. The van der Waals surface area contributed by atoms with Crippen LogP contribution in [0.2, 0.25) is 0 Å². The van der Waals surface area contributed by atoms with E-state index in [9.17, 15) is 19.3 Å². The molecule has 0 heterocycles. The molecule has 0 bridgehead atoms. The molecule has 2 aromatic rings. The van der Waals surface area contributed by atoms with Gasteiger partial charge in [0.15, 0.2) is 0 Å². The Labute approximate surface area is 150 Å². The van der Waals surface area contributed by atoms with Gasteiger partial charge in [-0.3, -0.25) is 14.9 Å². The molecule has 0 N–H and O–H groups in total. The van der Waals surface area contributed by atoms with Crippen LogP contribution in [-0.2, 0) is 11.3 Å². The molecule has 0 aliphatic rings. The van der Waals surface area contributed by atoms with Crippen molar-refractivity contribution in [3.05, 3.63) is 75.6 Å². The van der Waals surface area contributed by atoms with Crippen molar-refractivity contribution in [1.82, 2.24) is 4.90 Å². The standard InChI is InChI=1S/C19H19FN2O4/c1-3-26-18-7-5-4-6-15(18)13-21(2)19(23)11-9-14-8-10-16(20)12-17(14)22(24)25/h4-12H,3,13H2,1-2H3. The summed E-state index contributed by atoms with van der Waals surface area (Å²) in [7, 11) is 1.62. The number of carbonyl (C=O) groups is 1. The Morgan fingerprint density at radius 2 is 2.04 bits per heavy atom. The van der Waals surface area contributed by atoms with Crippen molar-refractivity contribution in [1.29, 1.82) is 0 Å². The van der Waals surface area contributed by atoms with E-state index < -0.39 is 16.4 Å². The van der Waals surface area contributed by atoms with E-state index in [-0.39, 0.29) is 11.5 Å². The minimum atomic E-state index is -0.704. The largest absolute Gasteiger partial charge is 0.494 e. The molecule has 6 nitrogen and oxygen atoms in total. The lowest BCUT2D eigenvalue weighted by Gasteiger charge is -2.17. The SMILES string of the molecule is CCOc1ccccc1CN(C)C(=O)C=Cc1ccc(F)cc1[N+](=O)[O-]. The summed E-state index contributed by atoms with van der Waals surface area (Å²) in [6.45, 7) is 2.72. The minimum Gasteiger partial charge on any atom is -0.494 e. The minimum absolute atomic E-state index is 0.160. The zero-order chi connectivity index (χ0) is 19.1. The molecule has 0 radical (unpaired) electrons. The van der Waals surface area contributed by atoms with Crippen molar-refractivity contribution < 1.29 is 18.8 Å². The molecule has 0 aliphatic carbocycles. The molecular weight excluding hydrogens is 339 g/mol. The molecule has 2 aromatic carbocycles. The van der Waals surface area contributed by atoms with Crippen LogP contribution in [0.4, 0.5) is 10.1 Å². The molecule has 0 saturated carbocycles. The normalized spacial score (nSPS) is 10.7. The average molecular weight is 358 g/mol. The predicted octanol–water partition coefficient (Wildman–Crippen LogP) is 3.80. The molecule has 0 aromatic heterocycles. The molecule has 2 rings (SSSR count). The van der Waals surface area contributed by atoms with E-state index in [1.165, 1.54) is 23.1 Å². The molecule has 0 atom stereocenters. The third-order valence-electron chi connectivity index (χ3n) is 3.65. The van der Waals surface area contributed by atoms with Crippen LogP contribution in [0.1, 0.15) is 18.1 Å². The molecule has 1 amide bonds. The topological polar surface area (TPSA) is 72.7 Å². The molecule has 0 spiro atoms. The third-order valence-corrected chi connectivity index (χ3v) is 3.65. The van der Waals surface area contributed by atoms with E-state index in [0.717, 1.165) is 17.7 Å². The van der Waals surface area contributed by atoms with Crippen molar-refractivity contribution in [2.45, 2.75) is 13.5 Å². The number of hydrogen-bond donors (Lipinski definition) is 0. The highest BCUT2D eigenvalue weighted by molar-refractivity contribution is 5.92. The number of nitrogens with zero attached hydrogens (tertiary/aromatic N) is 2. The van der Waals surface area contributed by atoms with Gasteiger partial charge in [0.05, 0.1) is 23.2 Å². The second-order valence-electron chi connectivity index (χ2n) is 5.53. The zero-order valence-corrected chi connectivity index (χ0v) is 14.5. The monoisotopic (exact) mass is 358 g/mol. The highest BCUT2D eigenvalue weighted by Gasteiger charge is 2.14. The Kier molecular flexibility index (Phi) is 6.43. The van der Waals surface area contributed by atoms with Crippen molar-refractivity contribution in [3.63, 3.8) is 0 Å². The maximum Gasteiger partial charge on any atom is 0.279 e. The van der Waals surface area contributed by atoms with Crippen LogP contribution in [0.3, 0.4) is 0 Å². The maximum absolute atomic E-state index is 13.2. The van der Waals surface area contributed by atoms with Gasteiger partial charge in [0.1, 0.15) is 11.6 Å². The molecular formula is C19H19FN2O4. The Morgan fingerprint density at radius 3 is 2.73 bits per heavy atom. The first kappa shape index (κ1) is 19.1. The van der Waals surface area contributed by atoms with Gasteiger partial charge in [-0.05, 0) is 31.2 Å². The first-order valence-corrected chi connectivity index (χ1v) is 8.00. The second kappa shape index (κ2) is 8.75. The summed E-state index contributed by atoms with van der Waals surface area (Å²) in [5.74, 6) is -0.340. The number of likely N-dealkylation sites (N-methyl/N-ethyl adjacent to an activating group) is 1. The summed E-state index contributed by atoms with van der Waals surface area (Å²) in [5.41, 5.74) is 0.623. The van der Waals surface area contributed by atoms with Gasteiger partial charge in [0.2, 0.25) is 5.91 Å². The van der Waals surface area contributed by atoms with Gasteiger partial charge in [0, 0.05) is 25.2 Å². The molecule has 26 heavy (non-hydrogen) atoms. The number of benzene rings is 2. The Hall–Kier alpha value is -3.22. The summed E-state index contributed by atoms with van der Waals surface area (Å²) in [5, 5.41) is 11.0. The summed E-state index contributed by atoms with van der Waals surface area (Å²) in [4.78, 5) is 24.1. The first-order valence-electron chi connectivity index (χ1n) is 8.00. The lowest BCUT2D eigenvalue weighted by molar-refractivity contribution is -0.385. The van der Waals surface area contributed by atoms with Crippen LogP contribution < -0.4 is 4.74 Å². The number of rotatable bonds is 7. The van der Waals surface area contributed by atoms with Crippen LogP contribution in [-0.4, -0.2) is 29.4 Å². The van der Waals surface area contributed by atoms with Crippen LogP contribution in [0.25, 0.3) is 6.08 Å². The zero-order valence-electron chi connectivity index (χ0n) is 14.5. The van der Waals surface area contributed by atoms with Crippen LogP contribution in [0.5, 0.6) is 5.75 Å². The maximum atomic E-state index is 13.2. The van der Waals surface area contributed by atoms with Crippen molar-refractivity contribution in [3.8, 4) is 5.75 Å². The Balaban J connectivity index is 2.13. The van der Waals surface area contributed by atoms with E-state index >= 15 is 0 Å². The summed E-state index contributed by atoms with van der Waals surface area (Å²) in [6.07, 6.45) is 2.54. The fourth-order valence-corrected chi connectivity index (χ4v) is 2.37. The number of para-hydroxylation sites is 1. The van der Waals surface area contributed by atoms with Crippen LogP contribution in [0, 0.1) is 15.9 Å². The van der Waals surface area contributed by atoms with Crippen molar-refractivity contribution >= 4 is 17.7 Å². The Morgan fingerprint density at radius 1 is 1.31 bits per heavy atom. The van der Waals surface area contributed by atoms with Gasteiger partial charge in [0.25, 0.3) is 5.69 Å². The number of nitro groups is 1. The summed E-state index contributed by atoms with van der Waals surface area (Å²) in [6, 6.07) is 10.6. The number of hydrogen-bond acceptors (Lipinski definition) is 4. The van der Waals surface area contributed by atoms with Crippen molar-refractivity contribution in [2.75, 3.05) is 13.7 Å². The molecule has 0 saturated heterocycles. The smallest absolute Gasteiger partial charge is 0.279 e. The second-order valence-corrected chi connectivity index (χ2v) is 5.53. The van der Waals surface area contributed by atoms with Gasteiger partial charge in [-0.15, -0.1) is 0 Å². The highest BCUT2D eigenvalue weighted by atomic mass is 19.1. The fraction of sp³-hybridized carbons (Fsp3) is 0.211. The number of carbonyl (C=O) groups excluding carboxylic acids is 1. The molecule has 0 fully saturated rings. The fourth-order valence-electron chi connectivity index (χ4n) is 2.37. The average Bonchev–Trinajstić information content (AvgIpc) is 2.62. The van der Waals surface area contributed by atoms with E-state index in [0.29, 0.717) is 18.9 Å². The van der Waals surface area contributed by atoms with Crippen LogP contribution >= 0.6 is 0 Å². The number of nitro benzene ring substituents is 1. The first-order chi connectivity index (χ1) is 12.4. The summed E-state index contributed by atoms with van der Waals surface area (Å²) < 4.78 is 18.7. The van der Waals surface area contributed by atoms with Gasteiger partial charge < -0.3 is 9.64 Å². The third kappa shape index (κ3) is 4.89.